The number of likely N-dealkylation sites (tertiary alicyclic amines) is 1. The van der Waals surface area contributed by atoms with Crippen molar-refractivity contribution in [1.29, 1.82) is 0 Å². The number of amides is 1. The lowest BCUT2D eigenvalue weighted by atomic mass is 10.00. The van der Waals surface area contributed by atoms with Gasteiger partial charge in [0, 0.05) is 19.0 Å². The Hall–Kier alpha value is -1.60. The summed E-state index contributed by atoms with van der Waals surface area (Å²) in [4.78, 5) is 13.7. The Morgan fingerprint density at radius 2 is 2.05 bits per heavy atom. The number of carbonyl (C=O) groups is 1. The Morgan fingerprint density at radius 1 is 1.32 bits per heavy atom. The van der Waals surface area contributed by atoms with Gasteiger partial charge in [-0.2, -0.15) is 8.42 Å². The number of nitrogens with zero attached hydrogens (tertiary/aromatic N) is 1. The first-order valence-electron chi connectivity index (χ1n) is 7.24. The molecule has 0 N–H and O–H groups in total. The van der Waals surface area contributed by atoms with E-state index in [1.807, 2.05) is 30.3 Å². The van der Waals surface area contributed by atoms with Crippen molar-refractivity contribution in [3.63, 3.8) is 0 Å². The van der Waals surface area contributed by atoms with Crippen LogP contribution in [0.4, 0.5) is 4.79 Å². The van der Waals surface area contributed by atoms with Crippen LogP contribution < -0.4 is 0 Å². The molecule has 0 spiro atoms. The quantitative estimate of drug-likeness (QED) is 0.774. The minimum Gasteiger partial charge on any atom is -0.445 e. The highest BCUT2D eigenvalue weighted by atomic mass is 32.2. The predicted molar refractivity (Wildman–Crippen MR) is 81.7 cm³/mol. The Morgan fingerprint density at radius 3 is 2.73 bits per heavy atom. The summed E-state index contributed by atoms with van der Waals surface area (Å²) in [6.07, 6.45) is 2.32. The molecule has 122 valence electrons. The van der Waals surface area contributed by atoms with Crippen LogP contribution in [0.25, 0.3) is 0 Å². The molecule has 1 aliphatic heterocycles. The monoisotopic (exact) mass is 327 g/mol. The van der Waals surface area contributed by atoms with Gasteiger partial charge in [-0.1, -0.05) is 30.3 Å². The van der Waals surface area contributed by atoms with E-state index in [-0.39, 0.29) is 25.2 Å². The lowest BCUT2D eigenvalue weighted by Crippen LogP contribution is -2.41. The molecule has 0 aromatic heterocycles. The highest BCUT2D eigenvalue weighted by Gasteiger charge is 2.25. The fourth-order valence-electron chi connectivity index (χ4n) is 2.40. The van der Waals surface area contributed by atoms with Gasteiger partial charge < -0.3 is 9.64 Å². The van der Waals surface area contributed by atoms with Crippen molar-refractivity contribution in [2.75, 3.05) is 26.0 Å². The van der Waals surface area contributed by atoms with E-state index in [1.54, 1.807) is 4.90 Å². The van der Waals surface area contributed by atoms with Gasteiger partial charge in [0.05, 0.1) is 12.9 Å². The summed E-state index contributed by atoms with van der Waals surface area (Å²) < 4.78 is 32.2. The van der Waals surface area contributed by atoms with Crippen molar-refractivity contribution in [2.24, 2.45) is 5.92 Å². The zero-order valence-corrected chi connectivity index (χ0v) is 13.4. The topological polar surface area (TPSA) is 72.9 Å². The first-order valence-corrected chi connectivity index (χ1v) is 9.06. The van der Waals surface area contributed by atoms with Crippen molar-refractivity contribution in [2.45, 2.75) is 19.4 Å². The number of carbonyl (C=O) groups excluding carboxylic acids is 1. The van der Waals surface area contributed by atoms with Gasteiger partial charge in [0.1, 0.15) is 6.61 Å². The SMILES string of the molecule is CS(=O)(=O)OC[C@H]1CCCN(C(=O)OCc2ccccc2)C1. The summed E-state index contributed by atoms with van der Waals surface area (Å²) in [5.41, 5.74) is 0.935. The van der Waals surface area contributed by atoms with Crippen LogP contribution in [0.2, 0.25) is 0 Å². The fourth-order valence-corrected chi connectivity index (χ4v) is 2.84. The molecule has 0 bridgehead atoms. The highest BCUT2D eigenvalue weighted by Crippen LogP contribution is 2.18. The molecule has 1 atom stereocenters. The zero-order chi connectivity index (χ0) is 16.0. The van der Waals surface area contributed by atoms with Gasteiger partial charge in [0.25, 0.3) is 10.1 Å². The molecule has 0 saturated carbocycles. The molecule has 1 amide bonds. The van der Waals surface area contributed by atoms with Crippen LogP contribution in [0.15, 0.2) is 30.3 Å². The second-order valence-electron chi connectivity index (χ2n) is 5.48. The second kappa shape index (κ2) is 7.60. The van der Waals surface area contributed by atoms with E-state index < -0.39 is 10.1 Å². The molecule has 22 heavy (non-hydrogen) atoms. The van der Waals surface area contributed by atoms with Crippen molar-refractivity contribution >= 4 is 16.2 Å². The number of ether oxygens (including phenoxy) is 1. The average Bonchev–Trinajstić information content (AvgIpc) is 2.51. The lowest BCUT2D eigenvalue weighted by Gasteiger charge is -2.31. The van der Waals surface area contributed by atoms with E-state index in [4.69, 9.17) is 8.92 Å². The number of benzene rings is 1. The molecule has 6 nitrogen and oxygen atoms in total. The zero-order valence-electron chi connectivity index (χ0n) is 12.6. The smallest absolute Gasteiger partial charge is 0.410 e. The Labute approximate surface area is 131 Å². The first kappa shape index (κ1) is 16.8. The molecule has 1 saturated heterocycles. The Balaban J connectivity index is 1.79. The minimum atomic E-state index is -3.44. The van der Waals surface area contributed by atoms with Crippen molar-refractivity contribution in [1.82, 2.24) is 4.90 Å². The summed E-state index contributed by atoms with van der Waals surface area (Å²) in [5, 5.41) is 0. The summed E-state index contributed by atoms with van der Waals surface area (Å²) in [5.74, 6) is 0.0211. The van der Waals surface area contributed by atoms with E-state index in [2.05, 4.69) is 0 Å². The average molecular weight is 327 g/mol. The predicted octanol–water partition coefficient (Wildman–Crippen LogP) is 2.01. The number of hydrogen-bond donors (Lipinski definition) is 0. The van der Waals surface area contributed by atoms with E-state index >= 15 is 0 Å². The third-order valence-electron chi connectivity index (χ3n) is 3.50. The summed E-state index contributed by atoms with van der Waals surface area (Å²) >= 11 is 0. The van der Waals surface area contributed by atoms with Crippen LogP contribution in [0.3, 0.4) is 0 Å². The molecule has 1 aromatic rings. The van der Waals surface area contributed by atoms with Crippen LogP contribution in [-0.4, -0.2) is 45.4 Å². The van der Waals surface area contributed by atoms with Crippen molar-refractivity contribution in [3.05, 3.63) is 35.9 Å². The second-order valence-corrected chi connectivity index (χ2v) is 7.13. The minimum absolute atomic E-state index is 0.0211. The molecule has 1 fully saturated rings. The molecule has 2 rings (SSSR count). The van der Waals surface area contributed by atoms with Gasteiger partial charge >= 0.3 is 6.09 Å². The molecule has 0 radical (unpaired) electrons. The Bertz CT molecular complexity index is 587. The number of rotatable bonds is 5. The number of piperidine rings is 1. The third-order valence-corrected chi connectivity index (χ3v) is 4.06. The van der Waals surface area contributed by atoms with E-state index in [0.717, 1.165) is 24.7 Å². The van der Waals surface area contributed by atoms with E-state index in [1.165, 1.54) is 0 Å². The van der Waals surface area contributed by atoms with Gasteiger partial charge in [0.15, 0.2) is 0 Å². The maximum Gasteiger partial charge on any atom is 0.410 e. The van der Waals surface area contributed by atoms with Gasteiger partial charge in [-0.25, -0.2) is 4.79 Å². The molecular formula is C15H21NO5S. The van der Waals surface area contributed by atoms with Crippen LogP contribution in [0.5, 0.6) is 0 Å². The molecular weight excluding hydrogens is 306 g/mol. The van der Waals surface area contributed by atoms with E-state index in [0.29, 0.717) is 13.1 Å². The molecule has 1 aromatic carbocycles. The highest BCUT2D eigenvalue weighted by molar-refractivity contribution is 7.85. The van der Waals surface area contributed by atoms with Crippen LogP contribution in [0.1, 0.15) is 18.4 Å². The first-order chi connectivity index (χ1) is 10.4. The van der Waals surface area contributed by atoms with Crippen molar-refractivity contribution in [3.8, 4) is 0 Å². The molecule has 1 aliphatic rings. The maximum absolute atomic E-state index is 12.1. The molecule has 0 unspecified atom stereocenters. The van der Waals surface area contributed by atoms with Crippen LogP contribution in [0, 0.1) is 5.92 Å². The van der Waals surface area contributed by atoms with Gasteiger partial charge in [-0.3, -0.25) is 4.18 Å². The number of hydrogen-bond acceptors (Lipinski definition) is 5. The van der Waals surface area contributed by atoms with Gasteiger partial charge in [-0.15, -0.1) is 0 Å². The Kier molecular flexibility index (Phi) is 5.79. The molecule has 0 aliphatic carbocycles. The third kappa shape index (κ3) is 5.65. The normalized spacial score (nSPS) is 19.0. The molecule has 7 heteroatoms. The summed E-state index contributed by atoms with van der Waals surface area (Å²) in [6, 6.07) is 9.48. The maximum atomic E-state index is 12.1. The van der Waals surface area contributed by atoms with Crippen LogP contribution in [-0.2, 0) is 25.6 Å². The lowest BCUT2D eigenvalue weighted by molar-refractivity contribution is 0.0718. The van der Waals surface area contributed by atoms with Gasteiger partial charge in [0.2, 0.25) is 0 Å². The largest absolute Gasteiger partial charge is 0.445 e. The summed E-state index contributed by atoms with van der Waals surface area (Å²) in [7, 11) is -3.44. The van der Waals surface area contributed by atoms with Gasteiger partial charge in [-0.05, 0) is 18.4 Å². The summed E-state index contributed by atoms with van der Waals surface area (Å²) in [6.45, 7) is 1.44. The fraction of sp³-hybridized carbons (Fsp3) is 0.533. The standard InChI is InChI=1S/C15H21NO5S/c1-22(18,19)21-12-14-8-5-9-16(10-14)15(17)20-11-13-6-3-2-4-7-13/h2-4,6-7,14H,5,8-12H2,1H3/t14-/m0/s1. The van der Waals surface area contributed by atoms with E-state index in [9.17, 15) is 13.2 Å². The van der Waals surface area contributed by atoms with Crippen LogP contribution >= 0.6 is 0 Å². The molecule has 1 heterocycles. The van der Waals surface area contributed by atoms with Crippen molar-refractivity contribution < 1.29 is 22.1 Å².